The van der Waals surface area contributed by atoms with Crippen LogP contribution in [-0.4, -0.2) is 54.5 Å². The number of likely N-dealkylation sites (N-methyl/N-ethyl adjacent to an activating group) is 1. The second kappa shape index (κ2) is 8.50. The van der Waals surface area contributed by atoms with Crippen LogP contribution in [0.1, 0.15) is 11.1 Å². The van der Waals surface area contributed by atoms with Gasteiger partial charge in [0, 0.05) is 21.8 Å². The first-order chi connectivity index (χ1) is 15.9. The molecule has 0 aromatic heterocycles. The van der Waals surface area contributed by atoms with Crippen LogP contribution in [0, 0.1) is 5.82 Å². The molecule has 1 fully saturated rings. The van der Waals surface area contributed by atoms with E-state index in [0.717, 1.165) is 28.5 Å². The fourth-order valence-electron chi connectivity index (χ4n) is 4.17. The molecule has 0 aliphatic carbocycles. The zero-order chi connectivity index (χ0) is 23.0. The Labute approximate surface area is 196 Å². The average Bonchev–Trinajstić information content (AvgIpc) is 2.96. The number of fused-ring (bicyclic) bond motifs is 2. The van der Waals surface area contributed by atoms with Crippen LogP contribution in [0.4, 0.5) is 21.5 Å². The fraction of sp³-hybridized carbons (Fsp3) is 0.200. The number of hydrogen-bond acceptors (Lipinski definition) is 5. The van der Waals surface area contributed by atoms with Crippen molar-refractivity contribution in [3.63, 3.8) is 0 Å². The summed E-state index contributed by atoms with van der Waals surface area (Å²) in [5.41, 5.74) is 3.64. The molecule has 1 N–H and O–H groups in total. The molecule has 0 unspecified atom stereocenters. The highest BCUT2D eigenvalue weighted by Gasteiger charge is 2.32. The number of halogens is 2. The summed E-state index contributed by atoms with van der Waals surface area (Å²) in [7, 11) is 1.90. The Balaban J connectivity index is 1.43. The van der Waals surface area contributed by atoms with Gasteiger partial charge in [-0.3, -0.25) is 0 Å². The van der Waals surface area contributed by atoms with E-state index in [1.807, 2.05) is 49.5 Å². The summed E-state index contributed by atoms with van der Waals surface area (Å²) in [4.78, 5) is 7.18. The van der Waals surface area contributed by atoms with Crippen LogP contribution in [0.15, 0.2) is 76.8 Å². The van der Waals surface area contributed by atoms with E-state index in [9.17, 15) is 9.50 Å². The number of nitrogens with one attached hydrogen (secondary N) is 1. The number of rotatable bonds is 2. The van der Waals surface area contributed by atoms with Gasteiger partial charge in [0.25, 0.3) is 0 Å². The van der Waals surface area contributed by atoms with Crippen molar-refractivity contribution in [2.75, 3.05) is 38.5 Å². The standard InChI is InChI=1S/C25H23ClFN5O/c1-32(30-25(33)18-6-2-4-8-20(18)27)14-12-31(13-15-32)24-19-7-3-5-9-21(19)28-22-11-10-17(26)16-23(22)29-24/h2-11,16H,12-15H2,1H3,(H-,28,29,30,33). The fourth-order valence-corrected chi connectivity index (χ4v) is 4.33. The maximum absolute atomic E-state index is 14.0. The van der Waals surface area contributed by atoms with Crippen molar-refractivity contribution in [1.29, 1.82) is 0 Å². The summed E-state index contributed by atoms with van der Waals surface area (Å²) in [5.74, 6) is -0.231. The van der Waals surface area contributed by atoms with Crippen molar-refractivity contribution in [2.24, 2.45) is 10.1 Å². The van der Waals surface area contributed by atoms with Gasteiger partial charge in [-0.15, -0.1) is 0 Å². The van der Waals surface area contributed by atoms with Crippen molar-refractivity contribution in [1.82, 2.24) is 4.90 Å². The first-order valence-corrected chi connectivity index (χ1v) is 11.2. The highest BCUT2D eigenvalue weighted by molar-refractivity contribution is 6.31. The lowest BCUT2D eigenvalue weighted by atomic mass is 10.1. The Morgan fingerprint density at radius 2 is 1.79 bits per heavy atom. The molecule has 5 rings (SSSR count). The van der Waals surface area contributed by atoms with Gasteiger partial charge in [-0.25, -0.2) is 9.38 Å². The third-order valence-electron chi connectivity index (χ3n) is 6.06. The van der Waals surface area contributed by atoms with Crippen LogP contribution in [-0.2, 0) is 0 Å². The van der Waals surface area contributed by atoms with Crippen molar-refractivity contribution >= 4 is 40.4 Å². The average molecular weight is 464 g/mol. The molecule has 0 amide bonds. The number of aliphatic imine (C=N–C) groups is 1. The van der Waals surface area contributed by atoms with E-state index in [1.165, 1.54) is 12.1 Å². The highest BCUT2D eigenvalue weighted by atomic mass is 35.5. The smallest absolute Gasteiger partial charge is 0.139 e. The SMILES string of the molecule is C[N+]1(/N=C(\[O-])c2ccccc2F)CCN(C2=Nc3cc(Cl)ccc3Nc3ccccc32)CC1. The monoisotopic (exact) mass is 463 g/mol. The molecule has 33 heavy (non-hydrogen) atoms. The van der Waals surface area contributed by atoms with E-state index in [4.69, 9.17) is 16.6 Å². The van der Waals surface area contributed by atoms with E-state index >= 15 is 0 Å². The zero-order valence-corrected chi connectivity index (χ0v) is 18.9. The molecule has 2 heterocycles. The summed E-state index contributed by atoms with van der Waals surface area (Å²) < 4.78 is 14.2. The normalized spacial score (nSPS) is 17.4. The van der Waals surface area contributed by atoms with Gasteiger partial charge in [0.1, 0.15) is 24.7 Å². The first kappa shape index (κ1) is 21.4. The maximum Gasteiger partial charge on any atom is 0.139 e. The molecule has 0 spiro atoms. The molecule has 0 radical (unpaired) electrons. The minimum atomic E-state index is -0.550. The van der Waals surface area contributed by atoms with Crippen LogP contribution in [0.5, 0.6) is 0 Å². The second-order valence-corrected chi connectivity index (χ2v) is 8.86. The van der Waals surface area contributed by atoms with Crippen molar-refractivity contribution in [3.05, 3.63) is 88.7 Å². The summed E-state index contributed by atoms with van der Waals surface area (Å²) in [6.07, 6.45) is 0. The summed E-state index contributed by atoms with van der Waals surface area (Å²) in [6.45, 7) is 2.48. The number of amidine groups is 1. The number of anilines is 2. The molecule has 0 bridgehead atoms. The van der Waals surface area contributed by atoms with Crippen molar-refractivity contribution < 1.29 is 14.1 Å². The van der Waals surface area contributed by atoms with Gasteiger partial charge in [0.2, 0.25) is 0 Å². The Kier molecular flexibility index (Phi) is 5.52. The molecular formula is C25H23ClFN5O. The molecule has 6 nitrogen and oxygen atoms in total. The maximum atomic E-state index is 14.0. The van der Waals surface area contributed by atoms with E-state index < -0.39 is 11.7 Å². The van der Waals surface area contributed by atoms with Gasteiger partial charge < -0.3 is 15.3 Å². The van der Waals surface area contributed by atoms with Crippen LogP contribution in [0.2, 0.25) is 5.02 Å². The molecule has 168 valence electrons. The lowest BCUT2D eigenvalue weighted by Gasteiger charge is -2.39. The molecular weight excluding hydrogens is 441 g/mol. The second-order valence-electron chi connectivity index (χ2n) is 8.43. The molecule has 2 aliphatic rings. The summed E-state index contributed by atoms with van der Waals surface area (Å²) in [6, 6.07) is 19.6. The van der Waals surface area contributed by atoms with Gasteiger partial charge in [-0.1, -0.05) is 47.0 Å². The lowest BCUT2D eigenvalue weighted by Crippen LogP contribution is -2.56. The minimum absolute atomic E-state index is 0.000843. The summed E-state index contributed by atoms with van der Waals surface area (Å²) >= 11 is 6.24. The number of nitrogens with zero attached hydrogens (tertiary/aromatic N) is 4. The van der Waals surface area contributed by atoms with Crippen LogP contribution in [0.3, 0.4) is 0 Å². The Bertz CT molecular complexity index is 1270. The topological polar surface area (TPSA) is 63.1 Å². The van der Waals surface area contributed by atoms with Gasteiger partial charge in [0.15, 0.2) is 0 Å². The minimum Gasteiger partial charge on any atom is -0.854 e. The highest BCUT2D eigenvalue weighted by Crippen LogP contribution is 2.36. The van der Waals surface area contributed by atoms with Gasteiger partial charge >= 0.3 is 0 Å². The lowest BCUT2D eigenvalue weighted by molar-refractivity contribution is -0.920. The van der Waals surface area contributed by atoms with Gasteiger partial charge in [-0.2, -0.15) is 4.59 Å². The predicted molar refractivity (Wildman–Crippen MR) is 128 cm³/mol. The molecule has 8 heteroatoms. The number of benzene rings is 3. The van der Waals surface area contributed by atoms with Gasteiger partial charge in [-0.05, 0) is 36.4 Å². The van der Waals surface area contributed by atoms with Crippen molar-refractivity contribution in [3.8, 4) is 0 Å². The summed E-state index contributed by atoms with van der Waals surface area (Å²) in [5, 5.41) is 21.1. The number of quaternary nitrogens is 1. The molecule has 0 saturated carbocycles. The van der Waals surface area contributed by atoms with E-state index in [0.29, 0.717) is 31.2 Å². The molecule has 3 aromatic carbocycles. The van der Waals surface area contributed by atoms with Gasteiger partial charge in [0.05, 0.1) is 37.4 Å². The van der Waals surface area contributed by atoms with Crippen molar-refractivity contribution in [2.45, 2.75) is 0 Å². The number of hydrogen-bond donors (Lipinski definition) is 1. The quantitative estimate of drug-likeness (QED) is 0.353. The third-order valence-corrected chi connectivity index (χ3v) is 6.30. The largest absolute Gasteiger partial charge is 0.854 e. The van der Waals surface area contributed by atoms with Crippen LogP contribution in [0.25, 0.3) is 0 Å². The molecule has 2 aliphatic heterocycles. The first-order valence-electron chi connectivity index (χ1n) is 10.8. The van der Waals surface area contributed by atoms with Crippen LogP contribution < -0.4 is 10.4 Å². The number of para-hydroxylation sites is 1. The zero-order valence-electron chi connectivity index (χ0n) is 18.1. The Morgan fingerprint density at radius 3 is 2.58 bits per heavy atom. The number of piperazine rings is 1. The molecule has 3 aromatic rings. The molecule has 0 atom stereocenters. The molecule has 1 saturated heterocycles. The Hall–Kier alpha value is -3.42. The van der Waals surface area contributed by atoms with Crippen LogP contribution >= 0.6 is 11.6 Å². The Morgan fingerprint density at radius 1 is 1.06 bits per heavy atom. The third kappa shape index (κ3) is 4.29. The van der Waals surface area contributed by atoms with E-state index in [1.54, 1.807) is 12.1 Å². The predicted octanol–water partition coefficient (Wildman–Crippen LogP) is 4.10. The van der Waals surface area contributed by atoms with E-state index in [-0.39, 0.29) is 10.2 Å². The van der Waals surface area contributed by atoms with E-state index in [2.05, 4.69) is 15.3 Å².